The number of nitrogens with two attached hydrogens (primary N) is 1. The van der Waals surface area contributed by atoms with Gasteiger partial charge in [0, 0.05) is 12.0 Å². The van der Waals surface area contributed by atoms with Gasteiger partial charge in [-0.25, -0.2) is 12.8 Å². The molecule has 0 bridgehead atoms. The number of halogens is 1. The highest BCUT2D eigenvalue weighted by Crippen LogP contribution is 2.11. The van der Waals surface area contributed by atoms with E-state index < -0.39 is 27.3 Å². The van der Waals surface area contributed by atoms with Gasteiger partial charge in [-0.2, -0.15) is 0 Å². The lowest BCUT2D eigenvalue weighted by Crippen LogP contribution is -2.18. The quantitative estimate of drug-likeness (QED) is 0.825. The van der Waals surface area contributed by atoms with Gasteiger partial charge in [0.25, 0.3) is 0 Å². The van der Waals surface area contributed by atoms with Gasteiger partial charge >= 0.3 is 0 Å². The Hall–Kier alpha value is -1.43. The summed E-state index contributed by atoms with van der Waals surface area (Å²) >= 11 is 0. The second-order valence-corrected chi connectivity index (χ2v) is 5.58. The first-order valence-electron chi connectivity index (χ1n) is 4.63. The van der Waals surface area contributed by atoms with Gasteiger partial charge in [-0.15, -0.1) is 0 Å². The first kappa shape index (κ1) is 12.6. The van der Waals surface area contributed by atoms with Crippen molar-refractivity contribution in [3.63, 3.8) is 0 Å². The number of primary amides is 1. The normalized spacial score (nSPS) is 11.3. The summed E-state index contributed by atoms with van der Waals surface area (Å²) in [6, 6.07) is 5.63. The third-order valence-corrected chi connectivity index (χ3v) is 3.57. The van der Waals surface area contributed by atoms with Gasteiger partial charge in [-0.3, -0.25) is 4.79 Å². The van der Waals surface area contributed by atoms with Crippen molar-refractivity contribution in [1.82, 2.24) is 0 Å². The van der Waals surface area contributed by atoms with Crippen molar-refractivity contribution in [2.24, 2.45) is 5.73 Å². The molecule has 4 nitrogen and oxygen atoms in total. The van der Waals surface area contributed by atoms with Gasteiger partial charge in [0.05, 0.1) is 11.5 Å². The number of carbonyl (C=O) groups is 1. The molecule has 0 saturated heterocycles. The van der Waals surface area contributed by atoms with E-state index >= 15 is 0 Å². The molecule has 1 aromatic carbocycles. The van der Waals surface area contributed by atoms with Gasteiger partial charge in [0.1, 0.15) is 5.82 Å². The van der Waals surface area contributed by atoms with E-state index in [1.165, 1.54) is 18.2 Å². The lowest BCUT2D eigenvalue weighted by Gasteiger charge is -2.04. The van der Waals surface area contributed by atoms with Crippen molar-refractivity contribution in [2.45, 2.75) is 12.2 Å². The zero-order valence-corrected chi connectivity index (χ0v) is 9.34. The molecule has 88 valence electrons. The molecule has 0 aliphatic carbocycles. The Kier molecular flexibility index (Phi) is 4.00. The van der Waals surface area contributed by atoms with Crippen molar-refractivity contribution >= 4 is 15.7 Å². The summed E-state index contributed by atoms with van der Waals surface area (Å²) in [6.07, 6.45) is -0.239. The zero-order valence-electron chi connectivity index (χ0n) is 8.52. The van der Waals surface area contributed by atoms with Crippen LogP contribution in [0.2, 0.25) is 0 Å². The van der Waals surface area contributed by atoms with Crippen LogP contribution in [0.5, 0.6) is 0 Å². The van der Waals surface area contributed by atoms with E-state index in [9.17, 15) is 17.6 Å². The maximum atomic E-state index is 13.2. The fraction of sp³-hybridized carbons (Fsp3) is 0.300. The summed E-state index contributed by atoms with van der Waals surface area (Å²) < 4.78 is 36.1. The van der Waals surface area contributed by atoms with E-state index in [1.54, 1.807) is 6.07 Å². The van der Waals surface area contributed by atoms with Crippen molar-refractivity contribution < 1.29 is 17.6 Å². The van der Waals surface area contributed by atoms with Crippen molar-refractivity contribution in [3.05, 3.63) is 35.6 Å². The Morgan fingerprint density at radius 3 is 2.50 bits per heavy atom. The van der Waals surface area contributed by atoms with E-state index in [-0.39, 0.29) is 17.7 Å². The average Bonchev–Trinajstić information content (AvgIpc) is 2.19. The first-order valence-corrected chi connectivity index (χ1v) is 6.45. The highest BCUT2D eigenvalue weighted by molar-refractivity contribution is 7.90. The number of benzene rings is 1. The summed E-state index contributed by atoms with van der Waals surface area (Å²) in [5.41, 5.74) is 4.95. The fourth-order valence-corrected chi connectivity index (χ4v) is 2.55. The third-order valence-electron chi connectivity index (χ3n) is 1.99. The Bertz CT molecular complexity index is 485. The van der Waals surface area contributed by atoms with Crippen LogP contribution in [0.1, 0.15) is 12.0 Å². The molecular weight excluding hydrogens is 233 g/mol. The van der Waals surface area contributed by atoms with Crippen LogP contribution in [0.25, 0.3) is 0 Å². The predicted octanol–water partition coefficient (Wildman–Crippen LogP) is 0.616. The van der Waals surface area contributed by atoms with Crippen LogP contribution < -0.4 is 5.73 Å². The molecular formula is C10H12FNO3S. The molecule has 0 unspecified atom stereocenters. The molecule has 0 aliphatic rings. The lowest BCUT2D eigenvalue weighted by atomic mass is 10.2. The first-order chi connectivity index (χ1) is 7.41. The molecule has 0 atom stereocenters. The van der Waals surface area contributed by atoms with Crippen LogP contribution in [-0.2, 0) is 20.4 Å². The maximum absolute atomic E-state index is 13.2. The Labute approximate surface area is 93.2 Å². The van der Waals surface area contributed by atoms with Crippen molar-refractivity contribution in [2.75, 3.05) is 5.75 Å². The number of hydrogen-bond donors (Lipinski definition) is 1. The molecule has 1 amide bonds. The van der Waals surface area contributed by atoms with E-state index in [2.05, 4.69) is 0 Å². The van der Waals surface area contributed by atoms with Crippen LogP contribution in [0.4, 0.5) is 4.39 Å². The van der Waals surface area contributed by atoms with Crippen LogP contribution in [0.15, 0.2) is 24.3 Å². The second kappa shape index (κ2) is 5.07. The summed E-state index contributed by atoms with van der Waals surface area (Å²) in [5.74, 6) is -2.01. The molecule has 0 saturated carbocycles. The minimum atomic E-state index is -3.49. The van der Waals surface area contributed by atoms with E-state index in [0.29, 0.717) is 0 Å². The molecule has 1 rings (SSSR count). The Morgan fingerprint density at radius 1 is 1.31 bits per heavy atom. The summed E-state index contributed by atoms with van der Waals surface area (Å²) in [4.78, 5) is 10.4. The van der Waals surface area contributed by atoms with E-state index in [1.807, 2.05) is 0 Å². The SMILES string of the molecule is NC(=O)CCS(=O)(=O)Cc1ccccc1F. The van der Waals surface area contributed by atoms with Gasteiger partial charge in [-0.1, -0.05) is 18.2 Å². The predicted molar refractivity (Wildman–Crippen MR) is 57.7 cm³/mol. The largest absolute Gasteiger partial charge is 0.370 e. The van der Waals surface area contributed by atoms with E-state index in [4.69, 9.17) is 5.73 Å². The van der Waals surface area contributed by atoms with E-state index in [0.717, 1.165) is 0 Å². The summed E-state index contributed by atoms with van der Waals surface area (Å²) in [5, 5.41) is 0. The van der Waals surface area contributed by atoms with Gasteiger partial charge in [0.15, 0.2) is 9.84 Å². The number of hydrogen-bond acceptors (Lipinski definition) is 3. The molecule has 2 N–H and O–H groups in total. The standard InChI is InChI=1S/C10H12FNO3S/c11-9-4-2-1-3-8(9)7-16(14,15)6-5-10(12)13/h1-4H,5-7H2,(H2,12,13). The molecule has 0 fully saturated rings. The number of sulfone groups is 1. The van der Waals surface area contributed by atoms with Gasteiger partial charge < -0.3 is 5.73 Å². The summed E-state index contributed by atoms with van der Waals surface area (Å²) in [6.45, 7) is 0. The highest BCUT2D eigenvalue weighted by Gasteiger charge is 2.15. The van der Waals surface area contributed by atoms with Crippen molar-refractivity contribution in [3.8, 4) is 0 Å². The molecule has 0 heterocycles. The van der Waals surface area contributed by atoms with Crippen LogP contribution in [-0.4, -0.2) is 20.1 Å². The van der Waals surface area contributed by atoms with Gasteiger partial charge in [0.2, 0.25) is 5.91 Å². The molecule has 0 aliphatic heterocycles. The Balaban J connectivity index is 2.73. The number of carbonyl (C=O) groups excluding carboxylic acids is 1. The molecule has 1 aromatic rings. The van der Waals surface area contributed by atoms with Gasteiger partial charge in [-0.05, 0) is 6.07 Å². The topological polar surface area (TPSA) is 77.2 Å². The van der Waals surface area contributed by atoms with Crippen LogP contribution in [0, 0.1) is 5.82 Å². The van der Waals surface area contributed by atoms with Crippen LogP contribution >= 0.6 is 0 Å². The second-order valence-electron chi connectivity index (χ2n) is 3.40. The number of rotatable bonds is 5. The lowest BCUT2D eigenvalue weighted by molar-refractivity contribution is -0.117. The number of amides is 1. The van der Waals surface area contributed by atoms with Crippen molar-refractivity contribution in [1.29, 1.82) is 0 Å². The maximum Gasteiger partial charge on any atom is 0.218 e. The fourth-order valence-electron chi connectivity index (χ4n) is 1.18. The smallest absolute Gasteiger partial charge is 0.218 e. The molecule has 0 radical (unpaired) electrons. The average molecular weight is 245 g/mol. The summed E-state index contributed by atoms with van der Waals surface area (Å²) in [7, 11) is -3.49. The van der Waals surface area contributed by atoms with Crippen LogP contribution in [0.3, 0.4) is 0 Å². The molecule has 16 heavy (non-hydrogen) atoms. The molecule has 0 spiro atoms. The molecule has 0 aromatic heterocycles. The monoisotopic (exact) mass is 245 g/mol. The molecule has 6 heteroatoms. The minimum Gasteiger partial charge on any atom is -0.370 e. The third kappa shape index (κ3) is 3.98. The Morgan fingerprint density at radius 2 is 1.94 bits per heavy atom. The minimum absolute atomic E-state index is 0.104. The highest BCUT2D eigenvalue weighted by atomic mass is 32.2. The zero-order chi connectivity index (χ0) is 12.2.